The molecule has 0 amide bonds. The normalized spacial score (nSPS) is 10.6. The molecule has 0 aliphatic carbocycles. The summed E-state index contributed by atoms with van der Waals surface area (Å²) in [5, 5.41) is 16.6. The SMILES string of the molecule is COCc1c(C(=O)O)nnn1Cc1ccccc1Br. The van der Waals surface area contributed by atoms with Gasteiger partial charge >= 0.3 is 5.97 Å². The number of ether oxygens (including phenoxy) is 1. The Balaban J connectivity index is 2.35. The van der Waals surface area contributed by atoms with Crippen LogP contribution in [-0.2, 0) is 17.9 Å². The molecular weight excluding hydrogens is 314 g/mol. The van der Waals surface area contributed by atoms with Gasteiger partial charge in [0.2, 0.25) is 0 Å². The zero-order valence-electron chi connectivity index (χ0n) is 10.2. The van der Waals surface area contributed by atoms with Crippen LogP contribution in [0.5, 0.6) is 0 Å². The minimum atomic E-state index is -1.11. The van der Waals surface area contributed by atoms with Crippen LogP contribution in [0.2, 0.25) is 0 Å². The second kappa shape index (κ2) is 5.94. The average Bonchev–Trinajstić information content (AvgIpc) is 2.76. The molecule has 0 saturated heterocycles. The maximum Gasteiger partial charge on any atom is 0.358 e. The predicted octanol–water partition coefficient (Wildman–Crippen LogP) is 1.93. The molecule has 100 valence electrons. The predicted molar refractivity (Wildman–Crippen MR) is 70.9 cm³/mol. The van der Waals surface area contributed by atoms with Gasteiger partial charge in [0.25, 0.3) is 0 Å². The summed E-state index contributed by atoms with van der Waals surface area (Å²) < 4.78 is 7.48. The van der Waals surface area contributed by atoms with E-state index < -0.39 is 5.97 Å². The summed E-state index contributed by atoms with van der Waals surface area (Å²) in [6.07, 6.45) is 0. The number of carboxylic acid groups (broad SMARTS) is 1. The zero-order valence-corrected chi connectivity index (χ0v) is 11.8. The van der Waals surface area contributed by atoms with Crippen LogP contribution in [0.15, 0.2) is 28.7 Å². The molecule has 2 aromatic rings. The van der Waals surface area contributed by atoms with E-state index in [2.05, 4.69) is 26.2 Å². The van der Waals surface area contributed by atoms with Gasteiger partial charge in [-0.05, 0) is 11.6 Å². The molecule has 0 spiro atoms. The number of aromatic carboxylic acids is 1. The third-order valence-electron chi connectivity index (χ3n) is 2.60. The average molecular weight is 326 g/mol. The highest BCUT2D eigenvalue weighted by molar-refractivity contribution is 9.10. The first-order valence-electron chi connectivity index (χ1n) is 5.51. The summed E-state index contributed by atoms with van der Waals surface area (Å²) in [6.45, 7) is 0.583. The third kappa shape index (κ3) is 2.99. The lowest BCUT2D eigenvalue weighted by atomic mass is 10.2. The van der Waals surface area contributed by atoms with Gasteiger partial charge in [0.05, 0.1) is 18.8 Å². The largest absolute Gasteiger partial charge is 0.476 e. The van der Waals surface area contributed by atoms with Gasteiger partial charge in [-0.2, -0.15) is 0 Å². The molecule has 0 aliphatic rings. The first-order valence-corrected chi connectivity index (χ1v) is 6.30. The lowest BCUT2D eigenvalue weighted by Gasteiger charge is -2.07. The van der Waals surface area contributed by atoms with E-state index in [0.717, 1.165) is 10.0 Å². The number of methoxy groups -OCH3 is 1. The molecule has 0 bridgehead atoms. The van der Waals surface area contributed by atoms with E-state index in [1.165, 1.54) is 11.8 Å². The van der Waals surface area contributed by atoms with Crippen molar-refractivity contribution in [3.05, 3.63) is 45.7 Å². The minimum absolute atomic E-state index is 0.0751. The Morgan fingerprint density at radius 1 is 1.47 bits per heavy atom. The zero-order chi connectivity index (χ0) is 13.8. The van der Waals surface area contributed by atoms with Gasteiger partial charge in [0, 0.05) is 11.6 Å². The quantitative estimate of drug-likeness (QED) is 0.908. The molecule has 0 atom stereocenters. The molecule has 6 nitrogen and oxygen atoms in total. The monoisotopic (exact) mass is 325 g/mol. The van der Waals surface area contributed by atoms with Gasteiger partial charge in [0.1, 0.15) is 0 Å². The highest BCUT2D eigenvalue weighted by Gasteiger charge is 2.19. The van der Waals surface area contributed by atoms with Crippen LogP contribution in [0, 0.1) is 0 Å². The van der Waals surface area contributed by atoms with Gasteiger partial charge in [-0.1, -0.05) is 39.3 Å². The summed E-state index contributed by atoms with van der Waals surface area (Å²) in [5.41, 5.74) is 1.36. The van der Waals surface area contributed by atoms with Crippen molar-refractivity contribution < 1.29 is 14.6 Å². The van der Waals surface area contributed by atoms with Crippen molar-refractivity contribution in [2.75, 3.05) is 7.11 Å². The molecule has 1 aromatic heterocycles. The number of halogens is 1. The maximum absolute atomic E-state index is 11.0. The number of rotatable bonds is 5. The number of hydrogen-bond donors (Lipinski definition) is 1. The van der Waals surface area contributed by atoms with Gasteiger partial charge in [-0.3, -0.25) is 0 Å². The van der Waals surface area contributed by atoms with Gasteiger partial charge < -0.3 is 9.84 Å². The van der Waals surface area contributed by atoms with E-state index in [4.69, 9.17) is 9.84 Å². The van der Waals surface area contributed by atoms with Crippen molar-refractivity contribution in [1.82, 2.24) is 15.0 Å². The van der Waals surface area contributed by atoms with Crippen LogP contribution in [-0.4, -0.2) is 33.2 Å². The summed E-state index contributed by atoms with van der Waals surface area (Å²) >= 11 is 3.44. The molecule has 0 fully saturated rings. The second-order valence-electron chi connectivity index (χ2n) is 3.87. The Bertz CT molecular complexity index is 598. The highest BCUT2D eigenvalue weighted by atomic mass is 79.9. The molecule has 2 rings (SSSR count). The van der Waals surface area contributed by atoms with Crippen molar-refractivity contribution >= 4 is 21.9 Å². The Hall–Kier alpha value is -1.73. The first kappa shape index (κ1) is 13.7. The molecule has 0 radical (unpaired) electrons. The topological polar surface area (TPSA) is 77.2 Å². The lowest BCUT2D eigenvalue weighted by molar-refractivity contribution is 0.0684. The van der Waals surface area contributed by atoms with E-state index in [9.17, 15) is 4.79 Å². The number of hydrogen-bond acceptors (Lipinski definition) is 4. The number of carboxylic acids is 1. The van der Waals surface area contributed by atoms with Crippen LogP contribution in [0.1, 0.15) is 21.7 Å². The molecule has 0 aliphatic heterocycles. The fraction of sp³-hybridized carbons (Fsp3) is 0.250. The molecule has 0 unspecified atom stereocenters. The second-order valence-corrected chi connectivity index (χ2v) is 4.73. The van der Waals surface area contributed by atoms with Crippen LogP contribution in [0.25, 0.3) is 0 Å². The number of aromatic nitrogens is 3. The van der Waals surface area contributed by atoms with Crippen molar-refractivity contribution in [2.45, 2.75) is 13.2 Å². The fourth-order valence-electron chi connectivity index (χ4n) is 1.69. The molecular formula is C12H12BrN3O3. The minimum Gasteiger partial charge on any atom is -0.476 e. The Kier molecular flexibility index (Phi) is 4.28. The van der Waals surface area contributed by atoms with E-state index in [-0.39, 0.29) is 12.3 Å². The van der Waals surface area contributed by atoms with Crippen molar-refractivity contribution in [1.29, 1.82) is 0 Å². The number of nitrogens with zero attached hydrogens (tertiary/aromatic N) is 3. The smallest absolute Gasteiger partial charge is 0.358 e. The van der Waals surface area contributed by atoms with Gasteiger partial charge in [-0.25, -0.2) is 9.48 Å². The molecule has 1 heterocycles. The van der Waals surface area contributed by atoms with Gasteiger partial charge in [0.15, 0.2) is 5.69 Å². The number of benzene rings is 1. The highest BCUT2D eigenvalue weighted by Crippen LogP contribution is 2.18. The van der Waals surface area contributed by atoms with Crippen LogP contribution < -0.4 is 0 Å². The summed E-state index contributed by atoms with van der Waals surface area (Å²) in [5.74, 6) is -1.11. The Labute approximate surface area is 118 Å². The van der Waals surface area contributed by atoms with E-state index in [1.54, 1.807) is 0 Å². The standard InChI is InChI=1S/C12H12BrN3O3/c1-19-7-10-11(12(17)18)14-15-16(10)6-8-4-2-3-5-9(8)13/h2-5H,6-7H2,1H3,(H,17,18). The molecule has 19 heavy (non-hydrogen) atoms. The van der Waals surface area contributed by atoms with Crippen molar-refractivity contribution in [2.24, 2.45) is 0 Å². The van der Waals surface area contributed by atoms with E-state index in [1.807, 2.05) is 24.3 Å². The molecule has 7 heteroatoms. The third-order valence-corrected chi connectivity index (χ3v) is 3.37. The van der Waals surface area contributed by atoms with Crippen molar-refractivity contribution in [3.63, 3.8) is 0 Å². The first-order chi connectivity index (χ1) is 9.13. The summed E-state index contributed by atoms with van der Waals surface area (Å²) in [4.78, 5) is 11.0. The molecule has 1 aromatic carbocycles. The van der Waals surface area contributed by atoms with Crippen molar-refractivity contribution in [3.8, 4) is 0 Å². The molecule has 1 N–H and O–H groups in total. The Morgan fingerprint density at radius 3 is 2.84 bits per heavy atom. The van der Waals surface area contributed by atoms with Crippen LogP contribution >= 0.6 is 15.9 Å². The number of carbonyl (C=O) groups is 1. The summed E-state index contributed by atoms with van der Waals surface area (Å²) in [7, 11) is 1.50. The summed E-state index contributed by atoms with van der Waals surface area (Å²) in [6, 6.07) is 7.67. The Morgan fingerprint density at radius 2 is 2.21 bits per heavy atom. The fourth-order valence-corrected chi connectivity index (χ4v) is 2.10. The van der Waals surface area contributed by atoms with E-state index in [0.29, 0.717) is 12.2 Å². The van der Waals surface area contributed by atoms with Gasteiger partial charge in [-0.15, -0.1) is 5.10 Å². The molecule has 0 saturated carbocycles. The van der Waals surface area contributed by atoms with Crippen LogP contribution in [0.4, 0.5) is 0 Å². The maximum atomic E-state index is 11.0. The lowest BCUT2D eigenvalue weighted by Crippen LogP contribution is -2.10. The van der Waals surface area contributed by atoms with E-state index >= 15 is 0 Å². The van der Waals surface area contributed by atoms with Crippen LogP contribution in [0.3, 0.4) is 0 Å².